The molecule has 1 aromatic heterocycles. The van der Waals surface area contributed by atoms with E-state index in [1.807, 2.05) is 18.3 Å². The first-order valence-electron chi connectivity index (χ1n) is 5.50. The van der Waals surface area contributed by atoms with Crippen molar-refractivity contribution in [3.63, 3.8) is 0 Å². The molecular formula is C12H20ClN3. The average Bonchev–Trinajstić information content (AvgIpc) is 2.28. The first-order valence-corrected chi connectivity index (χ1v) is 6.03. The van der Waals surface area contributed by atoms with Gasteiger partial charge in [0.05, 0.1) is 11.6 Å². The van der Waals surface area contributed by atoms with Crippen LogP contribution in [0.25, 0.3) is 0 Å². The van der Waals surface area contributed by atoms with Crippen molar-refractivity contribution in [1.82, 2.24) is 9.88 Å². The molecule has 1 aromatic rings. The Morgan fingerprint density at radius 2 is 2.00 bits per heavy atom. The second kappa shape index (κ2) is 6.71. The number of aromatic nitrogens is 1. The van der Waals surface area contributed by atoms with Crippen LogP contribution in [0.1, 0.15) is 12.1 Å². The van der Waals surface area contributed by atoms with Crippen LogP contribution >= 0.6 is 11.6 Å². The van der Waals surface area contributed by atoms with E-state index in [0.29, 0.717) is 5.88 Å². The second-order valence-corrected chi connectivity index (χ2v) is 4.48. The zero-order valence-corrected chi connectivity index (χ0v) is 11.0. The third kappa shape index (κ3) is 4.37. The molecule has 0 spiro atoms. The molecule has 0 aromatic carbocycles. The molecule has 0 saturated heterocycles. The Labute approximate surface area is 103 Å². The van der Waals surface area contributed by atoms with Gasteiger partial charge in [-0.15, -0.1) is 11.6 Å². The van der Waals surface area contributed by atoms with Crippen molar-refractivity contribution in [2.75, 3.05) is 39.1 Å². The maximum Gasteiger partial charge on any atom is 0.0648 e. The highest BCUT2D eigenvalue weighted by molar-refractivity contribution is 6.16. The predicted molar refractivity (Wildman–Crippen MR) is 70.2 cm³/mol. The molecule has 0 N–H and O–H groups in total. The van der Waals surface area contributed by atoms with Crippen LogP contribution in [0.4, 0.5) is 5.69 Å². The number of halogens is 1. The van der Waals surface area contributed by atoms with Crippen LogP contribution in [-0.2, 0) is 5.88 Å². The van der Waals surface area contributed by atoms with Crippen LogP contribution in [-0.4, -0.2) is 44.1 Å². The molecule has 0 unspecified atom stereocenters. The normalized spacial score (nSPS) is 10.8. The van der Waals surface area contributed by atoms with E-state index in [2.05, 4.69) is 35.9 Å². The topological polar surface area (TPSA) is 19.4 Å². The van der Waals surface area contributed by atoms with Gasteiger partial charge in [-0.25, -0.2) is 0 Å². The van der Waals surface area contributed by atoms with Gasteiger partial charge in [-0.1, -0.05) is 0 Å². The Hall–Kier alpha value is -0.800. The Morgan fingerprint density at radius 3 is 2.62 bits per heavy atom. The van der Waals surface area contributed by atoms with Crippen molar-refractivity contribution in [3.05, 3.63) is 24.0 Å². The minimum atomic E-state index is 0.472. The molecule has 4 heteroatoms. The van der Waals surface area contributed by atoms with Crippen molar-refractivity contribution in [2.45, 2.75) is 12.3 Å². The highest BCUT2D eigenvalue weighted by Crippen LogP contribution is 2.14. The summed E-state index contributed by atoms with van der Waals surface area (Å²) < 4.78 is 0. The lowest BCUT2D eigenvalue weighted by Gasteiger charge is -2.20. The van der Waals surface area contributed by atoms with E-state index < -0.39 is 0 Å². The first-order chi connectivity index (χ1) is 7.63. The Bertz CT molecular complexity index is 315. The van der Waals surface area contributed by atoms with Crippen LogP contribution < -0.4 is 4.90 Å². The molecule has 1 rings (SSSR count). The van der Waals surface area contributed by atoms with Gasteiger partial charge in [-0.3, -0.25) is 4.98 Å². The highest BCUT2D eigenvalue weighted by Gasteiger charge is 2.02. The molecule has 0 bridgehead atoms. The lowest BCUT2D eigenvalue weighted by Crippen LogP contribution is -2.23. The number of nitrogens with zero attached hydrogens (tertiary/aromatic N) is 3. The summed E-state index contributed by atoms with van der Waals surface area (Å²) in [6.45, 7) is 2.15. The quantitative estimate of drug-likeness (QED) is 0.712. The minimum absolute atomic E-state index is 0.472. The summed E-state index contributed by atoms with van der Waals surface area (Å²) in [5, 5.41) is 0. The van der Waals surface area contributed by atoms with E-state index in [1.54, 1.807) is 0 Å². The smallest absolute Gasteiger partial charge is 0.0648 e. The lowest BCUT2D eigenvalue weighted by atomic mass is 10.3. The molecule has 16 heavy (non-hydrogen) atoms. The largest absolute Gasteiger partial charge is 0.374 e. The summed E-state index contributed by atoms with van der Waals surface area (Å²) in [5.41, 5.74) is 2.11. The molecule has 0 aliphatic heterocycles. The number of alkyl halides is 1. The number of anilines is 1. The number of pyridine rings is 1. The van der Waals surface area contributed by atoms with Crippen LogP contribution in [0.3, 0.4) is 0 Å². The summed E-state index contributed by atoms with van der Waals surface area (Å²) in [7, 11) is 6.29. The number of hydrogen-bond donors (Lipinski definition) is 0. The molecule has 3 nitrogen and oxygen atoms in total. The van der Waals surface area contributed by atoms with Crippen LogP contribution in [0.5, 0.6) is 0 Å². The van der Waals surface area contributed by atoms with Gasteiger partial charge in [0.2, 0.25) is 0 Å². The molecule has 0 fully saturated rings. The maximum atomic E-state index is 5.76. The van der Waals surface area contributed by atoms with E-state index in [4.69, 9.17) is 11.6 Å². The van der Waals surface area contributed by atoms with Crippen LogP contribution in [0, 0.1) is 0 Å². The summed E-state index contributed by atoms with van der Waals surface area (Å²) in [4.78, 5) is 8.62. The molecule has 0 radical (unpaired) electrons. The van der Waals surface area contributed by atoms with Gasteiger partial charge >= 0.3 is 0 Å². The Balaban J connectivity index is 2.48. The van der Waals surface area contributed by atoms with Crippen molar-refractivity contribution in [3.8, 4) is 0 Å². The highest BCUT2D eigenvalue weighted by atomic mass is 35.5. The minimum Gasteiger partial charge on any atom is -0.374 e. The number of rotatable bonds is 6. The van der Waals surface area contributed by atoms with Crippen LogP contribution in [0.2, 0.25) is 0 Å². The van der Waals surface area contributed by atoms with Crippen molar-refractivity contribution < 1.29 is 0 Å². The maximum absolute atomic E-state index is 5.76. The van der Waals surface area contributed by atoms with E-state index in [9.17, 15) is 0 Å². The molecule has 0 atom stereocenters. The Morgan fingerprint density at radius 1 is 1.25 bits per heavy atom. The summed E-state index contributed by atoms with van der Waals surface area (Å²) >= 11 is 5.76. The molecule has 0 amide bonds. The van der Waals surface area contributed by atoms with Gasteiger partial charge in [0.25, 0.3) is 0 Å². The third-order valence-electron chi connectivity index (χ3n) is 2.48. The summed E-state index contributed by atoms with van der Waals surface area (Å²) in [6, 6.07) is 4.06. The fraction of sp³-hybridized carbons (Fsp3) is 0.583. The Kier molecular flexibility index (Phi) is 5.56. The molecular weight excluding hydrogens is 222 g/mol. The zero-order valence-electron chi connectivity index (χ0n) is 10.3. The third-order valence-corrected chi connectivity index (χ3v) is 2.75. The average molecular weight is 242 g/mol. The van der Waals surface area contributed by atoms with E-state index in [-0.39, 0.29) is 0 Å². The van der Waals surface area contributed by atoms with Gasteiger partial charge in [-0.05, 0) is 39.2 Å². The fourth-order valence-corrected chi connectivity index (χ4v) is 1.68. The first kappa shape index (κ1) is 13.3. The second-order valence-electron chi connectivity index (χ2n) is 4.22. The van der Waals surface area contributed by atoms with E-state index in [1.165, 1.54) is 5.69 Å². The fourth-order valence-electron chi connectivity index (χ4n) is 1.53. The van der Waals surface area contributed by atoms with Gasteiger partial charge in [0, 0.05) is 25.5 Å². The predicted octanol–water partition coefficient (Wildman–Crippen LogP) is 2.21. The lowest BCUT2D eigenvalue weighted by molar-refractivity contribution is 0.401. The number of hydrogen-bond acceptors (Lipinski definition) is 3. The molecule has 0 saturated carbocycles. The summed E-state index contributed by atoms with van der Waals surface area (Å²) in [5.74, 6) is 0.472. The summed E-state index contributed by atoms with van der Waals surface area (Å²) in [6.07, 6.45) is 2.97. The molecule has 0 aliphatic carbocycles. The molecule has 1 heterocycles. The van der Waals surface area contributed by atoms with Crippen molar-refractivity contribution >= 4 is 17.3 Å². The van der Waals surface area contributed by atoms with E-state index >= 15 is 0 Å². The standard InChI is InChI=1S/C12H20ClN3/c1-15(2)7-4-8-16(3)12-5-6-14-11(9-12)10-13/h5-6,9H,4,7-8,10H2,1-3H3. The molecule has 0 aliphatic rings. The van der Waals surface area contributed by atoms with Crippen molar-refractivity contribution in [1.29, 1.82) is 0 Å². The van der Waals surface area contributed by atoms with Crippen LogP contribution in [0.15, 0.2) is 18.3 Å². The SMILES string of the molecule is CN(C)CCCN(C)c1ccnc(CCl)c1. The van der Waals surface area contributed by atoms with E-state index in [0.717, 1.165) is 25.2 Å². The van der Waals surface area contributed by atoms with Gasteiger partial charge in [-0.2, -0.15) is 0 Å². The van der Waals surface area contributed by atoms with Gasteiger partial charge < -0.3 is 9.80 Å². The zero-order chi connectivity index (χ0) is 12.0. The van der Waals surface area contributed by atoms with Gasteiger partial charge in [0.1, 0.15) is 0 Å². The van der Waals surface area contributed by atoms with Gasteiger partial charge in [0.15, 0.2) is 0 Å². The molecule has 90 valence electrons. The monoisotopic (exact) mass is 241 g/mol. The van der Waals surface area contributed by atoms with Crippen molar-refractivity contribution in [2.24, 2.45) is 0 Å².